The van der Waals surface area contributed by atoms with Crippen LogP contribution in [0, 0.1) is 17.9 Å². The summed E-state index contributed by atoms with van der Waals surface area (Å²) in [5.41, 5.74) is 3.53. The smallest absolute Gasteiger partial charge is 0.162 e. The van der Waals surface area contributed by atoms with E-state index in [2.05, 4.69) is 91.8 Å². The number of thiophene rings is 1. The predicted molar refractivity (Wildman–Crippen MR) is 200 cm³/mol. The molecule has 0 amide bonds. The molecule has 3 aromatic carbocycles. The number of hydrogen-bond acceptors (Lipinski definition) is 4. The van der Waals surface area contributed by atoms with Crippen molar-refractivity contribution >= 4 is 65.7 Å². The first-order valence-corrected chi connectivity index (χ1v) is 24.8. The minimum absolute atomic E-state index is 0. The van der Waals surface area contributed by atoms with Gasteiger partial charge in [-0.2, -0.15) is 0 Å². The van der Waals surface area contributed by atoms with Gasteiger partial charge in [-0.3, -0.25) is 4.79 Å². The van der Waals surface area contributed by atoms with Crippen molar-refractivity contribution in [1.29, 1.82) is 0 Å². The summed E-state index contributed by atoms with van der Waals surface area (Å²) < 4.78 is 4.37. The Hall–Kier alpha value is -2.31. The van der Waals surface area contributed by atoms with Crippen LogP contribution in [0.25, 0.3) is 42.2 Å². The van der Waals surface area contributed by atoms with Crippen LogP contribution in [0.2, 0.25) is 17.3 Å². The average Bonchev–Trinajstić information content (AvgIpc) is 3.40. The molecule has 0 aliphatic heterocycles. The van der Waals surface area contributed by atoms with E-state index < -0.39 is 13.3 Å². The Morgan fingerprint density at radius 3 is 2.15 bits per heavy atom. The van der Waals surface area contributed by atoms with Gasteiger partial charge < -0.3 is 5.11 Å². The molecule has 5 rings (SSSR count). The van der Waals surface area contributed by atoms with Crippen LogP contribution in [-0.4, -0.2) is 29.1 Å². The second-order valence-electron chi connectivity index (χ2n) is 13.4. The van der Waals surface area contributed by atoms with Crippen LogP contribution in [0.4, 0.5) is 0 Å². The van der Waals surface area contributed by atoms with Crippen LogP contribution in [0.15, 0.2) is 72.6 Å². The van der Waals surface area contributed by atoms with Gasteiger partial charge in [-0.15, -0.1) is 0 Å². The molecule has 0 spiro atoms. The predicted octanol–water partition coefficient (Wildman–Crippen LogP) is 11.6. The molecule has 0 saturated carbocycles. The molecule has 3 nitrogen and oxygen atoms in total. The molecule has 1 N–H and O–H groups in total. The number of hydrogen-bond donors (Lipinski definition) is 1. The molecule has 5 aromatic rings. The molecule has 2 aromatic heterocycles. The van der Waals surface area contributed by atoms with Gasteiger partial charge in [0.15, 0.2) is 5.78 Å². The first kappa shape index (κ1) is 38.1. The van der Waals surface area contributed by atoms with Crippen LogP contribution < -0.4 is 4.40 Å². The Morgan fingerprint density at radius 1 is 0.913 bits per heavy atom. The van der Waals surface area contributed by atoms with Crippen molar-refractivity contribution < 1.29 is 30.0 Å². The third-order valence-corrected chi connectivity index (χ3v) is 14.8. The topological polar surface area (TPSA) is 50.2 Å². The quantitative estimate of drug-likeness (QED) is 0.0658. The summed E-state index contributed by atoms with van der Waals surface area (Å²) in [5, 5.41) is 14.9. The summed E-state index contributed by atoms with van der Waals surface area (Å²) in [6, 6.07) is 23.6. The molecule has 0 atom stereocenters. The van der Waals surface area contributed by atoms with Crippen molar-refractivity contribution in [2.24, 2.45) is 11.8 Å². The minimum atomic E-state index is -1.97. The van der Waals surface area contributed by atoms with Gasteiger partial charge in [-0.25, -0.2) is 0 Å². The molecule has 0 unspecified atom stereocenters. The summed E-state index contributed by atoms with van der Waals surface area (Å²) in [4.78, 5) is 16.6. The number of allylic oxidation sites excluding steroid dienone is 2. The Balaban J connectivity index is 0.000000309. The zero-order chi connectivity index (χ0) is 32.9. The fraction of sp³-hybridized carbons (Fsp3) is 0.400. The molecule has 46 heavy (non-hydrogen) atoms. The van der Waals surface area contributed by atoms with Gasteiger partial charge >= 0.3 is 186 Å². The average molecular weight is 874 g/mol. The molecule has 0 aliphatic carbocycles. The number of aliphatic hydroxyl groups excluding tert-OH is 1. The van der Waals surface area contributed by atoms with Crippen molar-refractivity contribution in [2.45, 2.75) is 90.4 Å². The van der Waals surface area contributed by atoms with E-state index in [4.69, 9.17) is 4.98 Å². The fourth-order valence-corrected chi connectivity index (χ4v) is 12.2. The molecule has 1 radical (unpaired) electrons. The summed E-state index contributed by atoms with van der Waals surface area (Å²) in [6.07, 6.45) is 6.87. The van der Waals surface area contributed by atoms with E-state index in [1.807, 2.05) is 45.2 Å². The van der Waals surface area contributed by atoms with Crippen molar-refractivity contribution in [1.82, 2.24) is 4.98 Å². The Bertz CT molecular complexity index is 1810. The first-order chi connectivity index (χ1) is 21.4. The number of pyridine rings is 1. The third kappa shape index (κ3) is 8.39. The van der Waals surface area contributed by atoms with Gasteiger partial charge in [0.25, 0.3) is 0 Å². The van der Waals surface area contributed by atoms with Gasteiger partial charge in [0, 0.05) is 38.0 Å². The zero-order valence-corrected chi connectivity index (χ0v) is 34.3. The van der Waals surface area contributed by atoms with Crippen molar-refractivity contribution in [3.8, 4) is 11.3 Å². The van der Waals surface area contributed by atoms with Crippen LogP contribution >= 0.6 is 11.3 Å². The summed E-state index contributed by atoms with van der Waals surface area (Å²) in [5.74, 6) is 8.42. The third-order valence-electron chi connectivity index (χ3n) is 8.98. The van der Waals surface area contributed by atoms with E-state index >= 15 is 0 Å². The Kier molecular flexibility index (Phi) is 13.8. The molecule has 0 aliphatic rings. The SMILES string of the molecule is CC(C)c1cc(-c2nccc3sc4[c]([Ge]([CH3])([CH3])[CH3])cccc4c23)[c-]c2ccccc12.CCC(CC)C(=O)/C=C(\O)C(CC)CC.[Ir]. The normalized spacial score (nSPS) is 12.2. The number of nitrogens with zero attached hydrogens (tertiary/aromatic N) is 1. The van der Waals surface area contributed by atoms with E-state index in [1.54, 1.807) is 4.40 Å². The molecule has 0 saturated heterocycles. The van der Waals surface area contributed by atoms with Gasteiger partial charge in [0.05, 0.1) is 5.76 Å². The molecule has 247 valence electrons. The van der Waals surface area contributed by atoms with E-state index in [1.165, 1.54) is 42.6 Å². The maximum atomic E-state index is 11.7. The van der Waals surface area contributed by atoms with Crippen LogP contribution in [0.5, 0.6) is 0 Å². The zero-order valence-electron chi connectivity index (χ0n) is 29.0. The minimum Gasteiger partial charge on any atom is -0.512 e. The molecular weight excluding hydrogens is 823 g/mol. The monoisotopic (exact) mass is 875 g/mol. The second-order valence-corrected chi connectivity index (χ2v) is 25.0. The van der Waals surface area contributed by atoms with E-state index in [0.717, 1.165) is 36.9 Å². The van der Waals surface area contributed by atoms with Gasteiger partial charge in [0.2, 0.25) is 0 Å². The number of ketones is 1. The first-order valence-electron chi connectivity index (χ1n) is 16.6. The number of fused-ring (bicyclic) bond motifs is 4. The maximum absolute atomic E-state index is 11.7. The number of aromatic nitrogens is 1. The molecular formula is C40H50GeIrNO2S-. The number of rotatable bonds is 10. The van der Waals surface area contributed by atoms with Crippen molar-refractivity contribution in [2.75, 3.05) is 0 Å². The van der Waals surface area contributed by atoms with E-state index in [0.29, 0.717) is 5.92 Å². The maximum Gasteiger partial charge on any atom is 0.162 e. The van der Waals surface area contributed by atoms with Gasteiger partial charge in [-0.1, -0.05) is 27.7 Å². The second kappa shape index (κ2) is 16.7. The van der Waals surface area contributed by atoms with Crippen LogP contribution in [0.1, 0.15) is 78.7 Å². The van der Waals surface area contributed by atoms with Crippen molar-refractivity contribution in [3.63, 3.8) is 0 Å². The number of carbonyl (C=O) groups excluding carboxylic acids is 1. The molecule has 6 heteroatoms. The van der Waals surface area contributed by atoms with E-state index in [-0.39, 0.29) is 43.5 Å². The molecule has 0 fully saturated rings. The number of carbonyl (C=O) groups is 1. The number of aliphatic hydroxyl groups is 1. The summed E-state index contributed by atoms with van der Waals surface area (Å²) >= 11 is -0.0432. The summed E-state index contributed by atoms with van der Waals surface area (Å²) in [6.45, 7) is 12.6. The van der Waals surface area contributed by atoms with Crippen molar-refractivity contribution in [3.05, 3.63) is 84.3 Å². The van der Waals surface area contributed by atoms with Crippen LogP contribution in [-0.2, 0) is 24.9 Å². The Labute approximate surface area is 296 Å². The Morgan fingerprint density at radius 2 is 1.54 bits per heavy atom. The standard InChI is InChI=1S/C27H26GeNS.C13H24O2.Ir/c1-17(2)22-16-19(15-18-9-6-7-10-20(18)22)26-25-21-11-8-12-23(28(3,4)5)27(21)30-24(25)13-14-29-26;1-5-10(6-2)12(14)9-13(15)11(7-3)8-4;/h6-14,16-17H,1-5H3;9-11,14H,5-8H2,1-4H3;/q-1;;/b;12-9-;. The molecule has 0 bridgehead atoms. The van der Waals surface area contributed by atoms with Crippen LogP contribution in [0.3, 0.4) is 0 Å². The van der Waals surface area contributed by atoms with Gasteiger partial charge in [0.1, 0.15) is 0 Å². The summed E-state index contributed by atoms with van der Waals surface area (Å²) in [7, 11) is 0. The van der Waals surface area contributed by atoms with Gasteiger partial charge in [-0.05, 0) is 25.7 Å². The molecule has 2 heterocycles. The largest absolute Gasteiger partial charge is 0.512 e. The number of benzene rings is 3. The van der Waals surface area contributed by atoms with E-state index in [9.17, 15) is 9.90 Å². The fourth-order valence-electron chi connectivity index (χ4n) is 6.18.